The van der Waals surface area contributed by atoms with E-state index in [4.69, 9.17) is 21.1 Å². The monoisotopic (exact) mass is 641 g/mol. The Bertz CT molecular complexity index is 1850. The molecule has 9 nitrogen and oxygen atoms in total. The molecular formula is C30H29ClFN5O4S2. The molecule has 0 aliphatic carbocycles. The zero-order valence-corrected chi connectivity index (χ0v) is 26.0. The van der Waals surface area contributed by atoms with Gasteiger partial charge in [0.15, 0.2) is 9.84 Å². The predicted octanol–water partition coefficient (Wildman–Crippen LogP) is 7.16. The van der Waals surface area contributed by atoms with E-state index >= 15 is 0 Å². The molecule has 1 atom stereocenters. The van der Waals surface area contributed by atoms with E-state index in [-0.39, 0.29) is 30.9 Å². The summed E-state index contributed by atoms with van der Waals surface area (Å²) in [6.45, 7) is 5.44. The second kappa shape index (κ2) is 13.3. The van der Waals surface area contributed by atoms with E-state index in [0.717, 1.165) is 10.4 Å². The van der Waals surface area contributed by atoms with Gasteiger partial charge in [0.2, 0.25) is 0 Å². The highest BCUT2D eigenvalue weighted by Crippen LogP contribution is 2.33. The van der Waals surface area contributed by atoms with Crippen molar-refractivity contribution in [3.8, 4) is 17.1 Å². The summed E-state index contributed by atoms with van der Waals surface area (Å²) < 4.78 is 49.1. The van der Waals surface area contributed by atoms with Crippen LogP contribution in [0.4, 0.5) is 15.9 Å². The fraction of sp³-hybridized carbons (Fsp3) is 0.267. The largest absolute Gasteiger partial charge is 0.487 e. The highest BCUT2D eigenvalue weighted by molar-refractivity contribution is 7.92. The number of aromatic nitrogens is 4. The fourth-order valence-electron chi connectivity index (χ4n) is 4.06. The first-order chi connectivity index (χ1) is 20.6. The van der Waals surface area contributed by atoms with Gasteiger partial charge in [0.1, 0.15) is 41.4 Å². The maximum atomic E-state index is 13.5. The minimum absolute atomic E-state index is 0.0366. The average Bonchev–Trinajstić information content (AvgIpc) is 3.47. The molecule has 0 spiro atoms. The molecule has 0 amide bonds. The van der Waals surface area contributed by atoms with Crippen LogP contribution in [0.2, 0.25) is 5.02 Å². The molecule has 0 bridgehead atoms. The second-order valence-electron chi connectivity index (χ2n) is 10.00. The Morgan fingerprint density at radius 3 is 2.65 bits per heavy atom. The third-order valence-corrected chi connectivity index (χ3v) is 10.1. The van der Waals surface area contributed by atoms with Crippen LogP contribution in [-0.4, -0.2) is 46.0 Å². The minimum atomic E-state index is -3.18. The third-order valence-electron chi connectivity index (χ3n) is 6.59. The molecule has 2 aromatic carbocycles. The van der Waals surface area contributed by atoms with Crippen molar-refractivity contribution in [2.75, 3.05) is 17.7 Å². The highest BCUT2D eigenvalue weighted by atomic mass is 35.5. The van der Waals surface area contributed by atoms with Gasteiger partial charge < -0.3 is 14.8 Å². The van der Waals surface area contributed by atoms with Gasteiger partial charge in [-0.3, -0.25) is 4.98 Å². The number of hydrogen-bond acceptors (Lipinski definition) is 10. The van der Waals surface area contributed by atoms with E-state index < -0.39 is 15.1 Å². The van der Waals surface area contributed by atoms with Crippen molar-refractivity contribution < 1.29 is 22.3 Å². The van der Waals surface area contributed by atoms with Crippen molar-refractivity contribution in [3.63, 3.8) is 0 Å². The standard InChI is InChI=1S/C30H29ClFN5O4S2/c1-18(2)43(38,39)10-9-40-19(3)30-37-27(16-42-30)25-13-23-26(14-33-25)34-17-35-29(23)36-22-7-8-28(24(31)12-22)41-15-20-5-4-6-21(32)11-20/h4-8,11-14,16-19H,9-10,15H2,1-3H3,(H,34,35,36). The quantitative estimate of drug-likeness (QED) is 0.151. The van der Waals surface area contributed by atoms with E-state index in [1.165, 1.54) is 29.8 Å². The van der Waals surface area contributed by atoms with Crippen LogP contribution in [-0.2, 0) is 21.2 Å². The van der Waals surface area contributed by atoms with Crippen molar-refractivity contribution in [2.45, 2.75) is 38.7 Å². The van der Waals surface area contributed by atoms with Crippen LogP contribution in [0.1, 0.15) is 37.4 Å². The SMILES string of the molecule is CC(OCCS(=O)(=O)C(C)C)c1nc(-c2cc3c(Nc4ccc(OCc5cccc(F)c5)c(Cl)c4)ncnc3cn2)cs1. The summed E-state index contributed by atoms with van der Waals surface area (Å²) in [6.07, 6.45) is 2.74. The number of fused-ring (bicyclic) bond motifs is 1. The summed E-state index contributed by atoms with van der Waals surface area (Å²) in [5.41, 5.74) is 3.30. The van der Waals surface area contributed by atoms with Gasteiger partial charge in [-0.1, -0.05) is 23.7 Å². The molecule has 0 radical (unpaired) electrons. The molecule has 0 aliphatic heterocycles. The van der Waals surface area contributed by atoms with Gasteiger partial charge in [0.25, 0.3) is 0 Å². The van der Waals surface area contributed by atoms with Gasteiger partial charge in [-0.2, -0.15) is 0 Å². The maximum Gasteiger partial charge on any atom is 0.154 e. The summed E-state index contributed by atoms with van der Waals surface area (Å²) >= 11 is 7.90. The van der Waals surface area contributed by atoms with Gasteiger partial charge in [-0.25, -0.2) is 27.8 Å². The Balaban J connectivity index is 1.29. The molecule has 43 heavy (non-hydrogen) atoms. The Morgan fingerprint density at radius 1 is 1.05 bits per heavy atom. The van der Waals surface area contributed by atoms with Gasteiger partial charge in [0, 0.05) is 16.5 Å². The second-order valence-corrected chi connectivity index (χ2v) is 14.0. The summed E-state index contributed by atoms with van der Waals surface area (Å²) in [7, 11) is -3.18. The lowest BCUT2D eigenvalue weighted by Crippen LogP contribution is -2.21. The topological polar surface area (TPSA) is 116 Å². The van der Waals surface area contributed by atoms with E-state index in [1.54, 1.807) is 44.3 Å². The molecule has 13 heteroatoms. The summed E-state index contributed by atoms with van der Waals surface area (Å²) in [5.74, 6) is 0.657. The van der Waals surface area contributed by atoms with E-state index in [2.05, 4.69) is 25.3 Å². The van der Waals surface area contributed by atoms with Crippen molar-refractivity contribution >= 4 is 55.2 Å². The van der Waals surface area contributed by atoms with Crippen LogP contribution in [0.5, 0.6) is 5.75 Å². The average molecular weight is 642 g/mol. The Kier molecular flexibility index (Phi) is 9.50. The molecule has 3 heterocycles. The van der Waals surface area contributed by atoms with Crippen LogP contribution >= 0.6 is 22.9 Å². The number of thiazole rings is 1. The maximum absolute atomic E-state index is 13.5. The number of rotatable bonds is 12. The number of sulfone groups is 1. The number of nitrogens with one attached hydrogen (secondary N) is 1. The number of halogens is 2. The molecule has 1 unspecified atom stereocenters. The van der Waals surface area contributed by atoms with E-state index in [0.29, 0.717) is 44.7 Å². The number of anilines is 2. The normalized spacial score (nSPS) is 12.5. The smallest absolute Gasteiger partial charge is 0.154 e. The zero-order chi connectivity index (χ0) is 30.6. The molecule has 1 N–H and O–H groups in total. The van der Waals surface area contributed by atoms with Crippen molar-refractivity contribution in [1.29, 1.82) is 0 Å². The van der Waals surface area contributed by atoms with Crippen LogP contribution < -0.4 is 10.1 Å². The molecular weight excluding hydrogens is 613 g/mol. The molecule has 5 rings (SSSR count). The number of hydrogen-bond donors (Lipinski definition) is 1. The molecule has 0 saturated heterocycles. The predicted molar refractivity (Wildman–Crippen MR) is 167 cm³/mol. The number of ether oxygens (including phenoxy) is 2. The first-order valence-corrected chi connectivity index (χ1v) is 16.4. The fourth-order valence-corrected chi connectivity index (χ4v) is 5.91. The molecule has 5 aromatic rings. The van der Waals surface area contributed by atoms with Crippen LogP contribution in [0.15, 0.2) is 66.4 Å². The van der Waals surface area contributed by atoms with E-state index in [9.17, 15) is 12.8 Å². The van der Waals surface area contributed by atoms with Gasteiger partial charge in [-0.15, -0.1) is 11.3 Å². The number of nitrogens with zero attached hydrogens (tertiary/aromatic N) is 4. The number of benzene rings is 2. The molecule has 0 fully saturated rings. The van der Waals surface area contributed by atoms with Crippen LogP contribution in [0.3, 0.4) is 0 Å². The summed E-state index contributed by atoms with van der Waals surface area (Å²) in [6, 6.07) is 13.3. The van der Waals surface area contributed by atoms with Gasteiger partial charge >= 0.3 is 0 Å². The number of pyridine rings is 1. The lowest BCUT2D eigenvalue weighted by Gasteiger charge is -2.12. The molecule has 0 aliphatic rings. The first-order valence-electron chi connectivity index (χ1n) is 13.4. The van der Waals surface area contributed by atoms with Crippen LogP contribution in [0, 0.1) is 5.82 Å². The summed E-state index contributed by atoms with van der Waals surface area (Å²) in [4.78, 5) is 18.0. The minimum Gasteiger partial charge on any atom is -0.487 e. The molecule has 3 aromatic heterocycles. The molecule has 224 valence electrons. The van der Waals surface area contributed by atoms with Crippen LogP contribution in [0.25, 0.3) is 22.3 Å². The Hall–Kier alpha value is -3.71. The van der Waals surface area contributed by atoms with E-state index in [1.807, 2.05) is 24.4 Å². The van der Waals surface area contributed by atoms with Crippen molar-refractivity contribution in [3.05, 3.63) is 87.8 Å². The van der Waals surface area contributed by atoms with Gasteiger partial charge in [0.05, 0.1) is 45.7 Å². The lowest BCUT2D eigenvalue weighted by molar-refractivity contribution is 0.0775. The lowest BCUT2D eigenvalue weighted by atomic mass is 10.2. The summed E-state index contributed by atoms with van der Waals surface area (Å²) in [5, 5.41) is 6.56. The third kappa shape index (κ3) is 7.63. The van der Waals surface area contributed by atoms with Crippen molar-refractivity contribution in [2.24, 2.45) is 0 Å². The highest BCUT2D eigenvalue weighted by Gasteiger charge is 2.19. The first kappa shape index (κ1) is 30.7. The Morgan fingerprint density at radius 2 is 1.88 bits per heavy atom. The zero-order valence-electron chi connectivity index (χ0n) is 23.6. The van der Waals surface area contributed by atoms with Gasteiger partial charge in [-0.05, 0) is 62.7 Å². The molecule has 0 saturated carbocycles. The van der Waals surface area contributed by atoms with Crippen molar-refractivity contribution in [1.82, 2.24) is 19.9 Å². The Labute approximate surface area is 258 Å².